The number of halogens is 1. The fourth-order valence-corrected chi connectivity index (χ4v) is 4.88. The summed E-state index contributed by atoms with van der Waals surface area (Å²) in [6, 6.07) is 4.99. The van der Waals surface area contributed by atoms with Crippen molar-refractivity contribution in [2.45, 2.75) is 38.6 Å². The highest BCUT2D eigenvalue weighted by molar-refractivity contribution is 7.17. The van der Waals surface area contributed by atoms with Gasteiger partial charge in [0, 0.05) is 49.3 Å². The van der Waals surface area contributed by atoms with Gasteiger partial charge in [0.1, 0.15) is 10.7 Å². The molecule has 2 aromatic heterocycles. The summed E-state index contributed by atoms with van der Waals surface area (Å²) in [4.78, 5) is 25.4. The van der Waals surface area contributed by atoms with Gasteiger partial charge in [0.05, 0.1) is 6.20 Å². The third-order valence-electron chi connectivity index (χ3n) is 5.93. The van der Waals surface area contributed by atoms with E-state index < -0.39 is 0 Å². The molecule has 4 rings (SSSR count). The van der Waals surface area contributed by atoms with Crippen molar-refractivity contribution in [1.82, 2.24) is 20.2 Å². The molecule has 1 amide bonds. The number of aromatic amines is 1. The number of aryl methyl sites for hydroxylation is 1. The number of likely N-dealkylation sites (N-methyl/N-ethyl adjacent to an activating group) is 1. The van der Waals surface area contributed by atoms with E-state index in [4.69, 9.17) is 0 Å². The zero-order valence-corrected chi connectivity index (χ0v) is 19.0. The van der Waals surface area contributed by atoms with E-state index in [2.05, 4.69) is 39.1 Å². The Hall–Kier alpha value is -2.45. The van der Waals surface area contributed by atoms with E-state index in [-0.39, 0.29) is 17.8 Å². The number of rotatable bonds is 8. The highest BCUT2D eigenvalue weighted by atomic mass is 32.1. The number of hydrogen-bond acceptors (Lipinski definition) is 5. The molecule has 1 aliphatic rings. The van der Waals surface area contributed by atoms with Crippen LogP contribution in [0.15, 0.2) is 30.6 Å². The van der Waals surface area contributed by atoms with Crippen molar-refractivity contribution in [2.75, 3.05) is 38.1 Å². The van der Waals surface area contributed by atoms with Crippen LogP contribution in [0.25, 0.3) is 10.9 Å². The summed E-state index contributed by atoms with van der Waals surface area (Å²) in [5.41, 5.74) is 2.06. The Bertz CT molecular complexity index is 1020. The van der Waals surface area contributed by atoms with Crippen molar-refractivity contribution in [2.24, 2.45) is 0 Å². The second-order valence-corrected chi connectivity index (χ2v) is 9.43. The predicted molar refractivity (Wildman–Crippen MR) is 125 cm³/mol. The number of carbonyl (C=O) groups is 1. The standard InChI is InChI=1S/C23H30FN5OS/c1-16(5-3-4-6-17-14-25-20-13-18(24)7-8-19(17)20)27-22(30)21-15-26-23(31-21)29-11-9-28(2)10-12-29/h7-8,13-16,25H,3-6,9-12H2,1-2H3,(H,27,30). The third-order valence-corrected chi connectivity index (χ3v) is 6.99. The number of thiazole rings is 1. The smallest absolute Gasteiger partial charge is 0.263 e. The Kier molecular flexibility index (Phi) is 6.87. The van der Waals surface area contributed by atoms with Gasteiger partial charge in [0.2, 0.25) is 0 Å². The van der Waals surface area contributed by atoms with Crippen molar-refractivity contribution in [3.63, 3.8) is 0 Å². The molecule has 0 spiro atoms. The highest BCUT2D eigenvalue weighted by Crippen LogP contribution is 2.24. The van der Waals surface area contributed by atoms with E-state index in [1.165, 1.54) is 29.0 Å². The number of aromatic nitrogens is 2. The fraction of sp³-hybridized carbons (Fsp3) is 0.478. The number of fused-ring (bicyclic) bond motifs is 1. The lowest BCUT2D eigenvalue weighted by Crippen LogP contribution is -2.44. The Morgan fingerprint density at radius 2 is 2.10 bits per heavy atom. The van der Waals surface area contributed by atoms with Crippen LogP contribution in [-0.4, -0.2) is 60.0 Å². The first-order valence-electron chi connectivity index (χ1n) is 11.0. The minimum Gasteiger partial charge on any atom is -0.361 e. The molecule has 0 aliphatic carbocycles. The van der Waals surface area contributed by atoms with Gasteiger partial charge in [-0.2, -0.15) is 0 Å². The molecule has 3 aromatic rings. The molecular formula is C23H30FN5OS. The summed E-state index contributed by atoms with van der Waals surface area (Å²) in [6.07, 6.45) is 7.57. The van der Waals surface area contributed by atoms with Gasteiger partial charge in [0.15, 0.2) is 5.13 Å². The Morgan fingerprint density at radius 3 is 2.90 bits per heavy atom. The number of amides is 1. The zero-order valence-electron chi connectivity index (χ0n) is 18.2. The number of anilines is 1. The van der Waals surface area contributed by atoms with Crippen molar-refractivity contribution in [3.05, 3.63) is 46.9 Å². The van der Waals surface area contributed by atoms with Crippen LogP contribution in [0, 0.1) is 5.82 Å². The van der Waals surface area contributed by atoms with E-state index in [9.17, 15) is 9.18 Å². The normalized spacial score (nSPS) is 16.0. The van der Waals surface area contributed by atoms with Gasteiger partial charge in [-0.15, -0.1) is 0 Å². The van der Waals surface area contributed by atoms with Gasteiger partial charge in [-0.25, -0.2) is 9.37 Å². The van der Waals surface area contributed by atoms with Crippen molar-refractivity contribution >= 4 is 33.3 Å². The van der Waals surface area contributed by atoms with Crippen LogP contribution >= 0.6 is 11.3 Å². The molecule has 1 unspecified atom stereocenters. The number of hydrogen-bond donors (Lipinski definition) is 2. The summed E-state index contributed by atoms with van der Waals surface area (Å²) in [5, 5.41) is 5.13. The van der Waals surface area contributed by atoms with Gasteiger partial charge in [0.25, 0.3) is 5.91 Å². The van der Waals surface area contributed by atoms with Crippen LogP contribution in [0.4, 0.5) is 9.52 Å². The number of unbranched alkanes of at least 4 members (excludes halogenated alkanes) is 1. The first-order valence-corrected chi connectivity index (χ1v) is 11.8. The summed E-state index contributed by atoms with van der Waals surface area (Å²) < 4.78 is 13.3. The topological polar surface area (TPSA) is 64.3 Å². The number of carbonyl (C=O) groups excluding carboxylic acids is 1. The van der Waals surface area contributed by atoms with Crippen LogP contribution in [0.1, 0.15) is 41.4 Å². The lowest BCUT2D eigenvalue weighted by atomic mass is 10.0. The Labute approximate surface area is 186 Å². The lowest BCUT2D eigenvalue weighted by molar-refractivity contribution is 0.0942. The molecule has 1 saturated heterocycles. The second-order valence-electron chi connectivity index (χ2n) is 8.42. The minimum absolute atomic E-state index is 0.0379. The monoisotopic (exact) mass is 443 g/mol. The first-order chi connectivity index (χ1) is 15.0. The maximum atomic E-state index is 13.3. The summed E-state index contributed by atoms with van der Waals surface area (Å²) in [6.45, 7) is 6.00. The van der Waals surface area contributed by atoms with Crippen molar-refractivity contribution < 1.29 is 9.18 Å². The Morgan fingerprint density at radius 1 is 1.29 bits per heavy atom. The molecule has 0 radical (unpaired) electrons. The molecular weight excluding hydrogens is 413 g/mol. The average molecular weight is 444 g/mol. The Balaban J connectivity index is 1.21. The van der Waals surface area contributed by atoms with E-state index in [1.807, 2.05) is 12.3 Å². The van der Waals surface area contributed by atoms with Crippen molar-refractivity contribution in [3.8, 4) is 0 Å². The number of benzene rings is 1. The van der Waals surface area contributed by atoms with Crippen molar-refractivity contribution in [1.29, 1.82) is 0 Å². The van der Waals surface area contributed by atoms with Crippen LogP contribution in [0.3, 0.4) is 0 Å². The van der Waals surface area contributed by atoms with Gasteiger partial charge < -0.3 is 20.1 Å². The maximum absolute atomic E-state index is 13.3. The highest BCUT2D eigenvalue weighted by Gasteiger charge is 2.19. The SMILES string of the molecule is CC(CCCCc1c[nH]c2cc(F)ccc12)NC(=O)c1cnc(N2CCN(C)CC2)s1. The molecule has 166 valence electrons. The van der Waals surface area contributed by atoms with Crippen LogP contribution in [0.2, 0.25) is 0 Å². The van der Waals surface area contributed by atoms with Crippen LogP contribution in [0.5, 0.6) is 0 Å². The van der Waals surface area contributed by atoms with E-state index in [0.717, 1.165) is 67.9 Å². The van der Waals surface area contributed by atoms with Crippen LogP contribution in [-0.2, 0) is 6.42 Å². The van der Waals surface area contributed by atoms with E-state index in [1.54, 1.807) is 6.20 Å². The predicted octanol–water partition coefficient (Wildman–Crippen LogP) is 4.05. The molecule has 1 aromatic carbocycles. The second kappa shape index (κ2) is 9.78. The fourth-order valence-electron chi connectivity index (χ4n) is 4.01. The molecule has 0 saturated carbocycles. The van der Waals surface area contributed by atoms with E-state index >= 15 is 0 Å². The van der Waals surface area contributed by atoms with Gasteiger partial charge in [-0.1, -0.05) is 17.8 Å². The summed E-state index contributed by atoms with van der Waals surface area (Å²) in [7, 11) is 2.13. The molecule has 0 bridgehead atoms. The number of H-pyrrole nitrogens is 1. The molecule has 31 heavy (non-hydrogen) atoms. The summed E-state index contributed by atoms with van der Waals surface area (Å²) in [5.74, 6) is -0.258. The van der Waals surface area contributed by atoms with Gasteiger partial charge in [-0.3, -0.25) is 4.79 Å². The molecule has 2 N–H and O–H groups in total. The third kappa shape index (κ3) is 5.43. The largest absolute Gasteiger partial charge is 0.361 e. The zero-order chi connectivity index (χ0) is 21.8. The first kappa shape index (κ1) is 21.8. The number of piperazine rings is 1. The maximum Gasteiger partial charge on any atom is 0.263 e. The van der Waals surface area contributed by atoms with Crippen LogP contribution < -0.4 is 10.2 Å². The van der Waals surface area contributed by atoms with Gasteiger partial charge in [-0.05, 0) is 57.0 Å². The quantitative estimate of drug-likeness (QED) is 0.516. The molecule has 1 aliphatic heterocycles. The minimum atomic E-state index is -0.220. The molecule has 1 fully saturated rings. The average Bonchev–Trinajstić information content (AvgIpc) is 3.39. The van der Waals surface area contributed by atoms with E-state index in [0.29, 0.717) is 4.88 Å². The number of nitrogens with zero attached hydrogens (tertiary/aromatic N) is 3. The lowest BCUT2D eigenvalue weighted by Gasteiger charge is -2.32. The van der Waals surface area contributed by atoms with Gasteiger partial charge >= 0.3 is 0 Å². The molecule has 6 nitrogen and oxygen atoms in total. The number of nitrogens with one attached hydrogen (secondary N) is 2. The molecule has 1 atom stereocenters. The summed E-state index contributed by atoms with van der Waals surface area (Å²) >= 11 is 1.47. The molecule has 3 heterocycles. The molecule has 8 heteroatoms.